The number of carboxylic acid groups (broad SMARTS) is 1. The van der Waals surface area contributed by atoms with Gasteiger partial charge in [0.15, 0.2) is 5.69 Å². The molecular weight excluding hydrogens is 348 g/mol. The summed E-state index contributed by atoms with van der Waals surface area (Å²) in [5, 5.41) is 30.7. The first-order valence-corrected chi connectivity index (χ1v) is 7.36. The van der Waals surface area contributed by atoms with Crippen LogP contribution in [-0.4, -0.2) is 27.4 Å². The third-order valence-corrected chi connectivity index (χ3v) is 3.51. The van der Waals surface area contributed by atoms with Gasteiger partial charge in [0.05, 0.1) is 17.5 Å². The van der Waals surface area contributed by atoms with Crippen molar-refractivity contribution in [2.75, 3.05) is 0 Å². The molecular formula is C17H10ClN2O5-. The van der Waals surface area contributed by atoms with E-state index in [4.69, 9.17) is 21.1 Å². The van der Waals surface area contributed by atoms with Gasteiger partial charge in [-0.15, -0.1) is 0 Å². The van der Waals surface area contributed by atoms with Crippen LogP contribution in [0.5, 0.6) is 11.7 Å². The van der Waals surface area contributed by atoms with Gasteiger partial charge >= 0.3 is 11.9 Å². The molecule has 126 valence electrons. The van der Waals surface area contributed by atoms with Gasteiger partial charge in [0.25, 0.3) is 0 Å². The van der Waals surface area contributed by atoms with Crippen molar-refractivity contribution in [3.05, 3.63) is 58.7 Å². The van der Waals surface area contributed by atoms with Crippen molar-refractivity contribution in [1.82, 2.24) is 4.98 Å². The summed E-state index contributed by atoms with van der Waals surface area (Å²) in [6.45, 7) is 0. The monoisotopic (exact) mass is 357 g/mol. The second-order valence-corrected chi connectivity index (χ2v) is 5.40. The lowest BCUT2D eigenvalue weighted by Gasteiger charge is -2.09. The van der Waals surface area contributed by atoms with E-state index >= 15 is 0 Å². The zero-order valence-corrected chi connectivity index (χ0v) is 13.3. The van der Waals surface area contributed by atoms with Gasteiger partial charge in [-0.2, -0.15) is 0 Å². The van der Waals surface area contributed by atoms with E-state index in [9.17, 15) is 15.0 Å². The number of benzene rings is 2. The summed E-state index contributed by atoms with van der Waals surface area (Å²) in [5.74, 6) is -2.21. The van der Waals surface area contributed by atoms with E-state index in [1.807, 2.05) is 0 Å². The summed E-state index contributed by atoms with van der Waals surface area (Å²) >= 11 is 5.81. The van der Waals surface area contributed by atoms with Gasteiger partial charge in [-0.1, -0.05) is 23.4 Å². The van der Waals surface area contributed by atoms with Crippen molar-refractivity contribution in [2.24, 2.45) is 4.99 Å². The molecule has 0 bridgehead atoms. The fourth-order valence-corrected chi connectivity index (χ4v) is 2.15. The predicted molar refractivity (Wildman–Crippen MR) is 88.7 cm³/mol. The number of aromatic hydroxyl groups is 1. The molecule has 0 fully saturated rings. The number of halogens is 1. The van der Waals surface area contributed by atoms with E-state index in [1.165, 1.54) is 12.3 Å². The van der Waals surface area contributed by atoms with Crippen LogP contribution in [0, 0.1) is 0 Å². The number of carbonyl (C=O) groups is 1. The fourth-order valence-electron chi connectivity index (χ4n) is 2.03. The Hall–Kier alpha value is -3.32. The first kappa shape index (κ1) is 16.5. The smallest absolute Gasteiger partial charge is 0.335 e. The Bertz CT molecular complexity index is 964. The molecule has 25 heavy (non-hydrogen) atoms. The van der Waals surface area contributed by atoms with E-state index in [0.717, 1.165) is 12.1 Å². The van der Waals surface area contributed by atoms with E-state index in [-0.39, 0.29) is 22.8 Å². The Morgan fingerprint density at radius 2 is 1.96 bits per heavy atom. The largest absolute Gasteiger partial charge is 0.872 e. The van der Waals surface area contributed by atoms with E-state index in [2.05, 4.69) is 9.98 Å². The highest BCUT2D eigenvalue weighted by Gasteiger charge is 2.12. The first-order valence-electron chi connectivity index (χ1n) is 6.98. The molecule has 2 aromatic carbocycles. The lowest BCUT2D eigenvalue weighted by atomic mass is 10.2. The number of aliphatic imine (C=N–C) groups is 1. The molecule has 2 N–H and O–H groups in total. The summed E-state index contributed by atoms with van der Waals surface area (Å²) in [6, 6.07) is 10.3. The maximum Gasteiger partial charge on any atom is 0.335 e. The van der Waals surface area contributed by atoms with Gasteiger partial charge in [-0.05, 0) is 36.4 Å². The van der Waals surface area contributed by atoms with Gasteiger partial charge in [-0.25, -0.2) is 9.78 Å². The zero-order chi connectivity index (χ0) is 18.0. The predicted octanol–water partition coefficient (Wildman–Crippen LogP) is 3.22. The molecule has 1 aromatic heterocycles. The van der Waals surface area contributed by atoms with Crippen molar-refractivity contribution in [3.8, 4) is 23.1 Å². The van der Waals surface area contributed by atoms with Crippen LogP contribution in [-0.2, 0) is 0 Å². The second kappa shape index (κ2) is 6.66. The Morgan fingerprint density at radius 3 is 2.64 bits per heavy atom. The minimum Gasteiger partial charge on any atom is -0.872 e. The SMILES string of the molecule is O=C(O)c1cc(N=Cc2nc(-c3ccc(Cl)cc3)oc2O)ccc1[O-]. The molecule has 0 aliphatic heterocycles. The first-order chi connectivity index (χ1) is 11.9. The third kappa shape index (κ3) is 3.61. The number of aromatic carboxylic acids is 1. The number of oxazole rings is 1. The van der Waals surface area contributed by atoms with Crippen molar-refractivity contribution in [3.63, 3.8) is 0 Å². The maximum absolute atomic E-state index is 11.4. The molecule has 7 nitrogen and oxygen atoms in total. The van der Waals surface area contributed by atoms with Crippen LogP contribution in [0.15, 0.2) is 51.9 Å². The third-order valence-electron chi connectivity index (χ3n) is 3.26. The van der Waals surface area contributed by atoms with Gasteiger partial charge in [0.1, 0.15) is 0 Å². The number of hydrogen-bond acceptors (Lipinski definition) is 6. The van der Waals surface area contributed by atoms with Crippen molar-refractivity contribution in [1.29, 1.82) is 0 Å². The number of nitrogens with zero attached hydrogens (tertiary/aromatic N) is 2. The van der Waals surface area contributed by atoms with Crippen molar-refractivity contribution < 1.29 is 24.5 Å². The lowest BCUT2D eigenvalue weighted by Crippen LogP contribution is -2.03. The molecule has 0 atom stereocenters. The van der Waals surface area contributed by atoms with Crippen LogP contribution in [0.2, 0.25) is 5.02 Å². The molecule has 3 aromatic rings. The minimum absolute atomic E-state index is 0.0630. The van der Waals surface area contributed by atoms with Crippen molar-refractivity contribution >= 4 is 29.5 Å². The summed E-state index contributed by atoms with van der Waals surface area (Å²) < 4.78 is 5.18. The van der Waals surface area contributed by atoms with Crippen LogP contribution in [0.1, 0.15) is 16.1 Å². The highest BCUT2D eigenvalue weighted by Crippen LogP contribution is 2.27. The molecule has 3 rings (SSSR count). The highest BCUT2D eigenvalue weighted by molar-refractivity contribution is 6.30. The Balaban J connectivity index is 1.88. The van der Waals surface area contributed by atoms with Crippen molar-refractivity contribution in [2.45, 2.75) is 0 Å². The molecule has 0 aliphatic rings. The molecule has 0 spiro atoms. The minimum atomic E-state index is -1.34. The van der Waals surface area contributed by atoms with E-state index in [0.29, 0.717) is 10.6 Å². The maximum atomic E-state index is 11.4. The average Bonchev–Trinajstić information content (AvgIpc) is 2.95. The van der Waals surface area contributed by atoms with Crippen LogP contribution >= 0.6 is 11.6 Å². The molecule has 0 saturated heterocycles. The van der Waals surface area contributed by atoms with Gasteiger partial charge in [0, 0.05) is 10.6 Å². The number of aromatic nitrogens is 1. The van der Waals surface area contributed by atoms with E-state index < -0.39 is 17.7 Å². The quantitative estimate of drug-likeness (QED) is 0.692. The molecule has 8 heteroatoms. The average molecular weight is 358 g/mol. The summed E-state index contributed by atoms with van der Waals surface area (Å²) in [5.41, 5.74) is 0.518. The normalized spacial score (nSPS) is 11.1. The molecule has 0 aliphatic carbocycles. The van der Waals surface area contributed by atoms with Crippen LogP contribution in [0.3, 0.4) is 0 Å². The fraction of sp³-hybridized carbons (Fsp3) is 0. The topological polar surface area (TPSA) is 119 Å². The molecule has 0 radical (unpaired) electrons. The standard InChI is InChI=1S/C17H11ClN2O5/c18-10-3-1-9(2-4-10)15-20-13(17(24)25-15)8-19-11-5-6-14(21)12(7-11)16(22)23/h1-8,21,24H,(H,22,23)/p-1. The Kier molecular flexibility index (Phi) is 4.40. The van der Waals surface area contributed by atoms with Gasteiger partial charge < -0.3 is 19.7 Å². The van der Waals surface area contributed by atoms with Crippen LogP contribution < -0.4 is 5.11 Å². The molecule has 0 amide bonds. The second-order valence-electron chi connectivity index (χ2n) is 4.96. The molecule has 0 saturated carbocycles. The van der Waals surface area contributed by atoms with Crippen LogP contribution in [0.25, 0.3) is 11.5 Å². The summed E-state index contributed by atoms with van der Waals surface area (Å²) in [7, 11) is 0. The zero-order valence-electron chi connectivity index (χ0n) is 12.5. The van der Waals surface area contributed by atoms with Gasteiger partial charge in [-0.3, -0.25) is 4.99 Å². The molecule has 1 heterocycles. The number of rotatable bonds is 4. The number of hydrogen-bond donors (Lipinski definition) is 2. The summed E-state index contributed by atoms with van der Waals surface area (Å²) in [4.78, 5) is 19.1. The highest BCUT2D eigenvalue weighted by atomic mass is 35.5. The van der Waals surface area contributed by atoms with Crippen LogP contribution in [0.4, 0.5) is 5.69 Å². The number of carboxylic acids is 1. The molecule has 0 unspecified atom stereocenters. The lowest BCUT2D eigenvalue weighted by molar-refractivity contribution is -0.268. The Morgan fingerprint density at radius 1 is 1.24 bits per heavy atom. The summed E-state index contributed by atoms with van der Waals surface area (Å²) in [6.07, 6.45) is 1.21. The Labute approximate surface area is 146 Å². The van der Waals surface area contributed by atoms with Gasteiger partial charge in [0.2, 0.25) is 5.89 Å². The van der Waals surface area contributed by atoms with E-state index in [1.54, 1.807) is 24.3 Å².